The minimum atomic E-state index is -0.853. The fraction of sp³-hybridized carbons (Fsp3) is 0.562. The number of carboxylic acids is 1. The highest BCUT2D eigenvalue weighted by Gasteiger charge is 2.23. The zero-order valence-electron chi connectivity index (χ0n) is 13.7. The second-order valence-corrected chi connectivity index (χ2v) is 6.20. The maximum Gasteiger partial charge on any atom is 0.317 e. The number of carboxylic acid groups (broad SMARTS) is 1. The summed E-state index contributed by atoms with van der Waals surface area (Å²) in [5.74, 6) is -1.33. The number of nitro benzene ring substituents is 1. The molecule has 1 N–H and O–H groups in total. The van der Waals surface area contributed by atoms with E-state index in [0.717, 1.165) is 31.9 Å². The third kappa shape index (κ3) is 4.97. The molecule has 1 unspecified atom stereocenters. The Hall–Kier alpha value is -2.06. The number of likely N-dealkylation sites (N-methyl/N-ethyl adjacent to an activating group) is 1. The summed E-state index contributed by atoms with van der Waals surface area (Å²) in [4.78, 5) is 25.3. The molecule has 8 heteroatoms. The average Bonchev–Trinajstić information content (AvgIpc) is 2.72. The van der Waals surface area contributed by atoms with Crippen LogP contribution in [0.25, 0.3) is 0 Å². The van der Waals surface area contributed by atoms with Crippen molar-refractivity contribution in [1.82, 2.24) is 9.80 Å². The molecule has 1 saturated heterocycles. The van der Waals surface area contributed by atoms with Gasteiger partial charge < -0.3 is 5.11 Å². The number of likely N-dealkylation sites (tertiary alicyclic amines) is 1. The van der Waals surface area contributed by atoms with Crippen LogP contribution in [0.4, 0.5) is 10.1 Å². The molecule has 1 aromatic rings. The number of benzene rings is 1. The molecule has 1 atom stereocenters. The van der Waals surface area contributed by atoms with Crippen LogP contribution >= 0.6 is 0 Å². The maximum atomic E-state index is 13.4. The van der Waals surface area contributed by atoms with Crippen molar-refractivity contribution in [3.05, 3.63) is 39.7 Å². The van der Waals surface area contributed by atoms with Crippen LogP contribution in [0.15, 0.2) is 18.2 Å². The van der Waals surface area contributed by atoms with E-state index in [1.807, 2.05) is 4.90 Å². The predicted octanol–water partition coefficient (Wildman–Crippen LogP) is 2.10. The number of carbonyl (C=O) groups is 1. The number of hydrogen-bond donors (Lipinski definition) is 1. The lowest BCUT2D eigenvalue weighted by Gasteiger charge is -2.25. The molecule has 0 spiro atoms. The van der Waals surface area contributed by atoms with Crippen LogP contribution in [0.1, 0.15) is 24.8 Å². The molecular formula is C16H22FN3O4. The first-order valence-corrected chi connectivity index (χ1v) is 7.94. The van der Waals surface area contributed by atoms with E-state index in [2.05, 4.69) is 4.90 Å². The Balaban J connectivity index is 2.01. The molecule has 7 nitrogen and oxygen atoms in total. The maximum absolute atomic E-state index is 13.4. The SMILES string of the molecule is CN(CC(=O)O)C1CCCN(Cc2cc(F)ccc2[N+](=O)[O-])CC1. The molecule has 1 aromatic carbocycles. The third-order valence-electron chi connectivity index (χ3n) is 4.43. The molecule has 132 valence electrons. The van der Waals surface area contributed by atoms with E-state index in [4.69, 9.17) is 5.11 Å². The second kappa shape index (κ2) is 8.16. The van der Waals surface area contributed by atoms with Gasteiger partial charge in [0.2, 0.25) is 0 Å². The Bertz CT molecular complexity index is 611. The van der Waals surface area contributed by atoms with E-state index in [0.29, 0.717) is 18.7 Å². The Morgan fingerprint density at radius 2 is 2.21 bits per heavy atom. The molecule has 1 fully saturated rings. The highest BCUT2D eigenvalue weighted by molar-refractivity contribution is 5.69. The molecular weight excluding hydrogens is 317 g/mol. The van der Waals surface area contributed by atoms with Crippen molar-refractivity contribution >= 4 is 11.7 Å². The molecule has 0 aromatic heterocycles. The van der Waals surface area contributed by atoms with Gasteiger partial charge >= 0.3 is 5.97 Å². The van der Waals surface area contributed by atoms with Crippen molar-refractivity contribution in [1.29, 1.82) is 0 Å². The Morgan fingerprint density at radius 3 is 2.88 bits per heavy atom. The number of hydrogen-bond acceptors (Lipinski definition) is 5. The van der Waals surface area contributed by atoms with Crippen molar-refractivity contribution in [2.24, 2.45) is 0 Å². The molecule has 0 amide bonds. The van der Waals surface area contributed by atoms with E-state index >= 15 is 0 Å². The first kappa shape index (κ1) is 18.3. The number of rotatable bonds is 6. The molecule has 1 aliphatic rings. The van der Waals surface area contributed by atoms with Gasteiger partial charge in [-0.15, -0.1) is 0 Å². The van der Waals surface area contributed by atoms with Crippen LogP contribution in [-0.4, -0.2) is 58.5 Å². The first-order valence-electron chi connectivity index (χ1n) is 7.94. The zero-order chi connectivity index (χ0) is 17.7. The third-order valence-corrected chi connectivity index (χ3v) is 4.43. The van der Waals surface area contributed by atoms with Gasteiger partial charge in [-0.3, -0.25) is 24.7 Å². The predicted molar refractivity (Wildman–Crippen MR) is 86.2 cm³/mol. The quantitative estimate of drug-likeness (QED) is 0.631. The molecule has 1 heterocycles. The summed E-state index contributed by atoms with van der Waals surface area (Å²) in [5, 5.41) is 20.0. The Kier molecular flexibility index (Phi) is 6.22. The van der Waals surface area contributed by atoms with Crippen LogP contribution in [0, 0.1) is 15.9 Å². The van der Waals surface area contributed by atoms with Crippen molar-refractivity contribution in [3.8, 4) is 0 Å². The lowest BCUT2D eigenvalue weighted by molar-refractivity contribution is -0.385. The monoisotopic (exact) mass is 339 g/mol. The molecule has 1 aliphatic heterocycles. The van der Waals surface area contributed by atoms with Crippen molar-refractivity contribution in [2.45, 2.75) is 31.8 Å². The Labute approximate surface area is 139 Å². The van der Waals surface area contributed by atoms with Gasteiger partial charge in [-0.1, -0.05) is 0 Å². The average molecular weight is 339 g/mol. The minimum Gasteiger partial charge on any atom is -0.480 e. The number of aliphatic carboxylic acids is 1. The number of halogens is 1. The second-order valence-electron chi connectivity index (χ2n) is 6.20. The van der Waals surface area contributed by atoms with E-state index in [-0.39, 0.29) is 18.3 Å². The summed E-state index contributed by atoms with van der Waals surface area (Å²) in [6.45, 7) is 1.77. The van der Waals surface area contributed by atoms with Crippen LogP contribution in [0.3, 0.4) is 0 Å². The van der Waals surface area contributed by atoms with Crippen LogP contribution < -0.4 is 0 Å². The minimum absolute atomic E-state index is 0.0000347. The van der Waals surface area contributed by atoms with Crippen LogP contribution in [-0.2, 0) is 11.3 Å². The van der Waals surface area contributed by atoms with E-state index in [9.17, 15) is 19.3 Å². The molecule has 0 aliphatic carbocycles. The number of nitro groups is 1. The van der Waals surface area contributed by atoms with Gasteiger partial charge in [-0.25, -0.2) is 4.39 Å². The highest BCUT2D eigenvalue weighted by Crippen LogP contribution is 2.23. The van der Waals surface area contributed by atoms with Gasteiger partial charge in [0, 0.05) is 24.2 Å². The molecule has 0 radical (unpaired) electrons. The van der Waals surface area contributed by atoms with Crippen molar-refractivity contribution in [2.75, 3.05) is 26.7 Å². The summed E-state index contributed by atoms with van der Waals surface area (Å²) in [6.07, 6.45) is 2.54. The van der Waals surface area contributed by atoms with Gasteiger partial charge in [-0.2, -0.15) is 0 Å². The van der Waals surface area contributed by atoms with Gasteiger partial charge in [0.05, 0.1) is 11.5 Å². The van der Waals surface area contributed by atoms with Gasteiger partial charge in [0.25, 0.3) is 5.69 Å². The number of nitrogens with zero attached hydrogens (tertiary/aromatic N) is 3. The van der Waals surface area contributed by atoms with Crippen LogP contribution in [0.2, 0.25) is 0 Å². The van der Waals surface area contributed by atoms with E-state index < -0.39 is 16.7 Å². The highest BCUT2D eigenvalue weighted by atomic mass is 19.1. The molecule has 2 rings (SSSR count). The van der Waals surface area contributed by atoms with Gasteiger partial charge in [0.15, 0.2) is 0 Å². The molecule has 0 bridgehead atoms. The standard InChI is InChI=1S/C16H22FN3O4/c1-18(11-16(21)22)14-3-2-7-19(8-6-14)10-12-9-13(17)4-5-15(12)20(23)24/h4-5,9,14H,2-3,6-8,10-11H2,1H3,(H,21,22). The normalized spacial score (nSPS) is 19.2. The summed E-state index contributed by atoms with van der Waals surface area (Å²) in [6, 6.07) is 3.69. The fourth-order valence-electron chi connectivity index (χ4n) is 3.18. The van der Waals surface area contributed by atoms with Crippen molar-refractivity contribution < 1.29 is 19.2 Å². The lowest BCUT2D eigenvalue weighted by Crippen LogP contribution is -2.36. The van der Waals surface area contributed by atoms with Gasteiger partial charge in [-0.05, 0) is 51.5 Å². The van der Waals surface area contributed by atoms with E-state index in [1.165, 1.54) is 12.1 Å². The smallest absolute Gasteiger partial charge is 0.317 e. The van der Waals surface area contributed by atoms with Gasteiger partial charge in [0.1, 0.15) is 5.82 Å². The van der Waals surface area contributed by atoms with Crippen LogP contribution in [0.5, 0.6) is 0 Å². The summed E-state index contributed by atoms with van der Waals surface area (Å²) < 4.78 is 13.4. The zero-order valence-corrected chi connectivity index (χ0v) is 13.7. The fourth-order valence-corrected chi connectivity index (χ4v) is 3.18. The largest absolute Gasteiger partial charge is 0.480 e. The first-order chi connectivity index (χ1) is 11.4. The van der Waals surface area contributed by atoms with Crippen molar-refractivity contribution in [3.63, 3.8) is 0 Å². The Morgan fingerprint density at radius 1 is 1.46 bits per heavy atom. The summed E-state index contributed by atoms with van der Waals surface area (Å²) >= 11 is 0. The summed E-state index contributed by atoms with van der Waals surface area (Å²) in [7, 11) is 1.80. The van der Waals surface area contributed by atoms with E-state index in [1.54, 1.807) is 7.05 Å². The molecule has 0 saturated carbocycles. The summed E-state index contributed by atoms with van der Waals surface area (Å²) in [5.41, 5.74) is 0.303. The topological polar surface area (TPSA) is 86.9 Å². The lowest BCUT2D eigenvalue weighted by atomic mass is 10.1. The molecule has 24 heavy (non-hydrogen) atoms.